The first-order chi connectivity index (χ1) is 13.0. The summed E-state index contributed by atoms with van der Waals surface area (Å²) in [5.74, 6) is -0.693. The zero-order chi connectivity index (χ0) is 19.4. The molecule has 0 aliphatic carbocycles. The van der Waals surface area contributed by atoms with E-state index in [1.165, 1.54) is 6.07 Å². The Morgan fingerprint density at radius 1 is 1.15 bits per heavy atom. The van der Waals surface area contributed by atoms with Crippen LogP contribution in [0.5, 0.6) is 0 Å². The number of halogens is 1. The van der Waals surface area contributed by atoms with Gasteiger partial charge in [-0.15, -0.1) is 0 Å². The summed E-state index contributed by atoms with van der Waals surface area (Å²) in [5.41, 5.74) is 2.63. The van der Waals surface area contributed by atoms with Crippen LogP contribution in [0.25, 0.3) is 0 Å². The molecule has 0 spiro atoms. The minimum absolute atomic E-state index is 0.269. The fourth-order valence-electron chi connectivity index (χ4n) is 3.69. The van der Waals surface area contributed by atoms with Crippen molar-refractivity contribution in [2.45, 2.75) is 39.7 Å². The molecule has 1 saturated heterocycles. The van der Waals surface area contributed by atoms with E-state index in [4.69, 9.17) is 0 Å². The van der Waals surface area contributed by atoms with Crippen LogP contribution in [0.15, 0.2) is 42.5 Å². The minimum Gasteiger partial charge on any atom is -0.370 e. The smallest absolute Gasteiger partial charge is 0.255 e. The van der Waals surface area contributed by atoms with Crippen LogP contribution in [-0.2, 0) is 0 Å². The number of rotatable bonds is 6. The highest BCUT2D eigenvalue weighted by Crippen LogP contribution is 2.31. The SMILES string of the molecule is CCN(c1ccc(C(=O)Nc2c(F)cccc2N2CCCC2)cc1)C(C)C. The molecule has 3 rings (SSSR count). The molecule has 1 N–H and O–H groups in total. The molecule has 1 aliphatic rings. The summed E-state index contributed by atoms with van der Waals surface area (Å²) < 4.78 is 14.4. The average Bonchev–Trinajstić information content (AvgIpc) is 3.18. The van der Waals surface area contributed by atoms with Crippen molar-refractivity contribution in [3.8, 4) is 0 Å². The van der Waals surface area contributed by atoms with Crippen LogP contribution in [0, 0.1) is 5.82 Å². The number of carbonyl (C=O) groups is 1. The van der Waals surface area contributed by atoms with Crippen LogP contribution >= 0.6 is 0 Å². The van der Waals surface area contributed by atoms with E-state index in [1.807, 2.05) is 18.2 Å². The van der Waals surface area contributed by atoms with E-state index in [9.17, 15) is 9.18 Å². The molecule has 27 heavy (non-hydrogen) atoms. The lowest BCUT2D eigenvalue weighted by atomic mass is 10.1. The van der Waals surface area contributed by atoms with Crippen molar-refractivity contribution in [3.05, 3.63) is 53.8 Å². The standard InChI is InChI=1S/C22H28FN3O/c1-4-26(16(2)3)18-12-10-17(11-13-18)22(27)24-21-19(23)8-7-9-20(21)25-14-5-6-15-25/h7-13,16H,4-6,14-15H2,1-3H3,(H,24,27). The lowest BCUT2D eigenvalue weighted by molar-refractivity contribution is 0.102. The van der Waals surface area contributed by atoms with Gasteiger partial charge in [0.2, 0.25) is 0 Å². The van der Waals surface area contributed by atoms with Gasteiger partial charge >= 0.3 is 0 Å². The summed E-state index contributed by atoms with van der Waals surface area (Å²) >= 11 is 0. The molecule has 1 amide bonds. The first-order valence-electron chi connectivity index (χ1n) is 9.72. The van der Waals surface area contributed by atoms with E-state index in [0.717, 1.165) is 43.9 Å². The number of amides is 1. The number of anilines is 3. The van der Waals surface area contributed by atoms with Gasteiger partial charge in [0.05, 0.1) is 5.69 Å². The van der Waals surface area contributed by atoms with Gasteiger partial charge in [0.15, 0.2) is 0 Å². The summed E-state index contributed by atoms with van der Waals surface area (Å²) in [4.78, 5) is 17.1. The maximum absolute atomic E-state index is 14.4. The number of nitrogens with zero attached hydrogens (tertiary/aromatic N) is 2. The molecular weight excluding hydrogens is 341 g/mol. The van der Waals surface area contributed by atoms with Gasteiger partial charge in [-0.3, -0.25) is 4.79 Å². The Hall–Kier alpha value is -2.56. The van der Waals surface area contributed by atoms with Crippen LogP contribution in [0.1, 0.15) is 44.0 Å². The number of para-hydroxylation sites is 1. The Kier molecular flexibility index (Phi) is 5.99. The Labute approximate surface area is 161 Å². The van der Waals surface area contributed by atoms with E-state index in [1.54, 1.807) is 18.2 Å². The Morgan fingerprint density at radius 2 is 1.81 bits per heavy atom. The van der Waals surface area contributed by atoms with E-state index < -0.39 is 5.82 Å². The van der Waals surface area contributed by atoms with E-state index in [2.05, 4.69) is 35.9 Å². The zero-order valence-corrected chi connectivity index (χ0v) is 16.3. The molecule has 2 aromatic carbocycles. The number of hydrogen-bond acceptors (Lipinski definition) is 3. The molecule has 2 aromatic rings. The quantitative estimate of drug-likeness (QED) is 0.786. The van der Waals surface area contributed by atoms with Gasteiger partial charge in [0.1, 0.15) is 11.5 Å². The van der Waals surface area contributed by atoms with Gasteiger partial charge < -0.3 is 15.1 Å². The van der Waals surface area contributed by atoms with Crippen molar-refractivity contribution >= 4 is 23.0 Å². The Morgan fingerprint density at radius 3 is 2.41 bits per heavy atom. The van der Waals surface area contributed by atoms with Crippen molar-refractivity contribution < 1.29 is 9.18 Å². The lowest BCUT2D eigenvalue weighted by Crippen LogP contribution is -2.30. The van der Waals surface area contributed by atoms with Gasteiger partial charge in [0, 0.05) is 36.9 Å². The Balaban J connectivity index is 1.80. The molecule has 1 fully saturated rings. The third kappa shape index (κ3) is 4.24. The minimum atomic E-state index is -0.402. The first kappa shape index (κ1) is 19.2. The summed E-state index contributed by atoms with van der Waals surface area (Å²) in [7, 11) is 0. The number of hydrogen-bond donors (Lipinski definition) is 1. The highest BCUT2D eigenvalue weighted by atomic mass is 19.1. The third-order valence-electron chi connectivity index (χ3n) is 5.10. The highest BCUT2D eigenvalue weighted by molar-refractivity contribution is 6.06. The summed E-state index contributed by atoms with van der Waals surface area (Å²) in [5, 5.41) is 2.79. The van der Waals surface area contributed by atoms with Crippen molar-refractivity contribution in [2.75, 3.05) is 34.8 Å². The number of nitrogens with one attached hydrogen (secondary N) is 1. The second kappa shape index (κ2) is 8.42. The molecule has 0 radical (unpaired) electrons. The molecule has 144 valence electrons. The fourth-order valence-corrected chi connectivity index (χ4v) is 3.69. The van der Waals surface area contributed by atoms with Gasteiger partial charge in [-0.1, -0.05) is 6.07 Å². The zero-order valence-electron chi connectivity index (χ0n) is 16.3. The van der Waals surface area contributed by atoms with Crippen molar-refractivity contribution in [1.29, 1.82) is 0 Å². The molecule has 0 bridgehead atoms. The molecule has 0 saturated carbocycles. The number of benzene rings is 2. The van der Waals surface area contributed by atoms with Crippen molar-refractivity contribution in [1.82, 2.24) is 0 Å². The highest BCUT2D eigenvalue weighted by Gasteiger charge is 2.20. The molecule has 4 nitrogen and oxygen atoms in total. The monoisotopic (exact) mass is 369 g/mol. The van der Waals surface area contributed by atoms with Gasteiger partial charge in [-0.05, 0) is 70.0 Å². The van der Waals surface area contributed by atoms with Crippen LogP contribution in [0.4, 0.5) is 21.5 Å². The van der Waals surface area contributed by atoms with Crippen LogP contribution in [0.3, 0.4) is 0 Å². The van der Waals surface area contributed by atoms with Gasteiger partial charge in [-0.25, -0.2) is 4.39 Å². The molecule has 5 heteroatoms. The largest absolute Gasteiger partial charge is 0.370 e. The maximum atomic E-state index is 14.4. The van der Waals surface area contributed by atoms with Gasteiger partial charge in [0.25, 0.3) is 5.91 Å². The van der Waals surface area contributed by atoms with Crippen molar-refractivity contribution in [3.63, 3.8) is 0 Å². The van der Waals surface area contributed by atoms with Crippen LogP contribution in [-0.4, -0.2) is 31.6 Å². The molecule has 0 aromatic heterocycles. The summed E-state index contributed by atoms with van der Waals surface area (Å²) in [6.07, 6.45) is 2.18. The van der Waals surface area contributed by atoms with Crippen LogP contribution < -0.4 is 15.1 Å². The van der Waals surface area contributed by atoms with E-state index in [-0.39, 0.29) is 11.6 Å². The normalized spacial score (nSPS) is 13.9. The maximum Gasteiger partial charge on any atom is 0.255 e. The summed E-state index contributed by atoms with van der Waals surface area (Å²) in [6.45, 7) is 9.08. The predicted octanol–water partition coefficient (Wildman–Crippen LogP) is 4.91. The Bertz CT molecular complexity index is 783. The second-order valence-corrected chi connectivity index (χ2v) is 7.21. The molecule has 1 heterocycles. The average molecular weight is 369 g/mol. The molecule has 1 aliphatic heterocycles. The van der Waals surface area contributed by atoms with Gasteiger partial charge in [-0.2, -0.15) is 0 Å². The summed E-state index contributed by atoms with van der Waals surface area (Å²) in [6, 6.07) is 12.8. The second-order valence-electron chi connectivity index (χ2n) is 7.21. The third-order valence-corrected chi connectivity index (χ3v) is 5.10. The van der Waals surface area contributed by atoms with E-state index >= 15 is 0 Å². The van der Waals surface area contributed by atoms with Crippen LogP contribution in [0.2, 0.25) is 0 Å². The van der Waals surface area contributed by atoms with Crippen molar-refractivity contribution in [2.24, 2.45) is 0 Å². The topological polar surface area (TPSA) is 35.6 Å². The lowest BCUT2D eigenvalue weighted by Gasteiger charge is -2.27. The molecular formula is C22H28FN3O. The van der Waals surface area contributed by atoms with E-state index in [0.29, 0.717) is 11.6 Å². The first-order valence-corrected chi connectivity index (χ1v) is 9.72. The molecule has 0 atom stereocenters. The number of carbonyl (C=O) groups excluding carboxylic acids is 1. The fraction of sp³-hybridized carbons (Fsp3) is 0.409. The molecule has 0 unspecified atom stereocenters. The predicted molar refractivity (Wildman–Crippen MR) is 110 cm³/mol.